The van der Waals surface area contributed by atoms with Crippen LogP contribution in [0.15, 0.2) is 24.3 Å². The van der Waals surface area contributed by atoms with Crippen LogP contribution in [0.4, 0.5) is 0 Å². The van der Waals surface area contributed by atoms with Crippen molar-refractivity contribution in [2.24, 2.45) is 0 Å². The molecule has 906 valence electrons. The maximum Gasteiger partial charge on any atom is 0.236 e. The van der Waals surface area contributed by atoms with Gasteiger partial charge in [0.05, 0.1) is 19.8 Å². The van der Waals surface area contributed by atoms with Gasteiger partial charge in [0.2, 0.25) is 5.91 Å². The second-order valence-electron chi connectivity index (χ2n) is 45.2. The third-order valence-electron chi connectivity index (χ3n) is 29.7. The first-order chi connectivity index (χ1) is 71.6. The van der Waals surface area contributed by atoms with Gasteiger partial charge in [0, 0.05) is 192 Å². The number of rotatable bonds is 6. The molecule has 0 radical (unpaired) electrons. The molecular weight excluding hydrogens is 1880 g/mol. The lowest BCUT2D eigenvalue weighted by Crippen LogP contribution is -2.55. The lowest BCUT2D eigenvalue weighted by Gasteiger charge is -2.40. The van der Waals surface area contributed by atoms with E-state index in [1.165, 1.54) is 362 Å². The summed E-state index contributed by atoms with van der Waals surface area (Å²) in [5, 5.41) is 0. The molecule has 4 atom stereocenters. The van der Waals surface area contributed by atoms with E-state index in [4.69, 9.17) is 4.74 Å². The summed E-state index contributed by atoms with van der Waals surface area (Å²) in [5.74, 6) is 2.89. The minimum Gasteiger partial charge on any atom is -0.379 e. The van der Waals surface area contributed by atoms with Gasteiger partial charge in [-0.15, -0.1) is 0 Å². The molecule has 0 spiro atoms. The van der Waals surface area contributed by atoms with Gasteiger partial charge in [-0.05, 0) is 452 Å². The zero-order valence-electron chi connectivity index (χ0n) is 110. The molecule has 150 heavy (non-hydrogen) atoms. The van der Waals surface area contributed by atoms with Gasteiger partial charge in [0.1, 0.15) is 0 Å². The second-order valence-corrected chi connectivity index (χ2v) is 46.4. The summed E-state index contributed by atoms with van der Waals surface area (Å²) in [4.78, 5) is 71.2. The van der Waals surface area contributed by atoms with Gasteiger partial charge in [0.15, 0.2) is 0 Å². The molecular formula is C121H274N26O2S. The van der Waals surface area contributed by atoms with Crippen molar-refractivity contribution in [2.75, 3.05) is 505 Å². The van der Waals surface area contributed by atoms with Crippen molar-refractivity contribution in [3.8, 4) is 0 Å². The number of carbonyl (C=O) groups excluding carboxylic acids is 1. The molecule has 0 aromatic heterocycles. The fraction of sp³-hybridized carbons (Fsp3) is 0.959. The molecule has 0 bridgehead atoms. The van der Waals surface area contributed by atoms with E-state index in [2.05, 4.69) is 365 Å². The largest absolute Gasteiger partial charge is 0.379 e. The first kappa shape index (κ1) is 159. The molecule has 4 unspecified atom stereocenters. The fourth-order valence-corrected chi connectivity index (χ4v) is 19.2. The summed E-state index contributed by atoms with van der Waals surface area (Å²) in [6.07, 6.45) is 40.6. The Kier molecular flexibility index (Phi) is 116. The number of ether oxygens (including phenoxy) is 1. The number of morpholine rings is 1. The van der Waals surface area contributed by atoms with Crippen molar-refractivity contribution in [3.05, 3.63) is 24.3 Å². The Balaban J connectivity index is -0.000000366. The van der Waals surface area contributed by atoms with E-state index in [0.717, 1.165) is 95.3 Å². The van der Waals surface area contributed by atoms with Crippen LogP contribution in [0.3, 0.4) is 0 Å². The van der Waals surface area contributed by atoms with Crippen LogP contribution in [0, 0.1) is 0 Å². The average molecular weight is 2160 g/mol. The molecule has 17 heterocycles. The Morgan fingerprint density at radius 2 is 0.447 bits per heavy atom. The average Bonchev–Trinajstić information content (AvgIpc) is 0.930. The van der Waals surface area contributed by atoms with E-state index in [-0.39, 0.29) is 5.91 Å². The van der Waals surface area contributed by atoms with Crippen molar-refractivity contribution in [2.45, 2.75) is 267 Å². The van der Waals surface area contributed by atoms with E-state index in [1.807, 2.05) is 102 Å². The molecule has 0 aromatic rings. The van der Waals surface area contributed by atoms with E-state index in [0.29, 0.717) is 6.54 Å². The third-order valence-corrected chi connectivity index (χ3v) is 30.7. The highest BCUT2D eigenvalue weighted by molar-refractivity contribution is 7.99. The van der Waals surface area contributed by atoms with E-state index in [1.54, 1.807) is 4.90 Å². The Morgan fingerprint density at radius 3 is 0.727 bits per heavy atom. The molecule has 17 aliphatic rings. The minimum absolute atomic E-state index is 0.226. The van der Waals surface area contributed by atoms with Crippen LogP contribution in [0.1, 0.15) is 231 Å². The fourth-order valence-electron chi connectivity index (χ4n) is 18.1. The van der Waals surface area contributed by atoms with Gasteiger partial charge in [-0.25, -0.2) is 0 Å². The number of nitrogens with zero attached hydrogens (tertiary/aromatic N) is 26. The summed E-state index contributed by atoms with van der Waals surface area (Å²) < 4.78 is 5.10. The molecule has 17 aliphatic heterocycles. The van der Waals surface area contributed by atoms with Crippen molar-refractivity contribution < 1.29 is 9.53 Å². The van der Waals surface area contributed by atoms with Crippen LogP contribution in [-0.2, 0) is 9.53 Å². The molecule has 28 nitrogen and oxygen atoms in total. The van der Waals surface area contributed by atoms with Crippen LogP contribution >= 0.6 is 11.8 Å². The van der Waals surface area contributed by atoms with Gasteiger partial charge in [-0.1, -0.05) is 133 Å². The minimum atomic E-state index is 0.226. The summed E-state index contributed by atoms with van der Waals surface area (Å²) in [6.45, 7) is 73.3. The Bertz CT molecular complexity index is 2670. The number of piperazine rings is 2. The molecule has 29 heteroatoms. The number of piperidine rings is 3. The Morgan fingerprint density at radius 1 is 0.207 bits per heavy atom. The lowest BCUT2D eigenvalue weighted by atomic mass is 10.1. The van der Waals surface area contributed by atoms with Gasteiger partial charge >= 0.3 is 0 Å². The van der Waals surface area contributed by atoms with Gasteiger partial charge < -0.3 is 122 Å². The van der Waals surface area contributed by atoms with Crippen molar-refractivity contribution in [3.63, 3.8) is 0 Å². The molecule has 0 aromatic carbocycles. The maximum absolute atomic E-state index is 10.9. The summed E-state index contributed by atoms with van der Waals surface area (Å²) in [6, 6.07) is 4.84. The SMILES string of the molecule is CC.CC.CC.CC.CC.CC.CN1CC(N(C)C)C1.CN1CC=CC1.CN1CC=CCC1.CN1CCC(N(C)C)C1.CN1CCC(N(C)C)CC1.CN1CCC1.CN1CCCC(N(C)C)C1.CN1CCCC(N(C)C)CC1.CN1CCCC1.CN1CCCCC(N(C)C)C1.CN1CCCCC1.CN1CCCCCC1.CN1CCCN(C)CC1.CN1CCN(C)C(=O)C1.CN1CCN(C)CC1.CN1CCOCC1.CN1CCSCC1. The van der Waals surface area contributed by atoms with Crippen molar-refractivity contribution in [1.29, 1.82) is 0 Å². The Labute approximate surface area is 945 Å². The first-order valence-electron chi connectivity index (χ1n) is 61.3. The molecule has 0 N–H and O–H groups in total. The van der Waals surface area contributed by atoms with Crippen LogP contribution in [-0.4, -0.2) is 675 Å². The number of amides is 1. The highest BCUT2D eigenvalue weighted by Crippen LogP contribution is 2.18. The van der Waals surface area contributed by atoms with Crippen LogP contribution in [0.5, 0.6) is 0 Å². The Hall–Kier alpha value is -1.74. The molecule has 1 amide bonds. The van der Waals surface area contributed by atoms with Gasteiger partial charge in [-0.2, -0.15) is 11.8 Å². The highest BCUT2D eigenvalue weighted by atomic mass is 32.2. The predicted molar refractivity (Wildman–Crippen MR) is 676 cm³/mol. The van der Waals surface area contributed by atoms with Crippen LogP contribution < -0.4 is 0 Å². The van der Waals surface area contributed by atoms with E-state index in [9.17, 15) is 4.79 Å². The summed E-state index contributed by atoms with van der Waals surface area (Å²) in [5.41, 5.74) is 0. The van der Waals surface area contributed by atoms with Crippen molar-refractivity contribution in [1.82, 2.24) is 127 Å². The number of likely N-dealkylation sites (N-methyl/N-ethyl adjacent to an activating group) is 17. The summed E-state index contributed by atoms with van der Waals surface area (Å²) >= 11 is 2.06. The molecule has 15 saturated heterocycles. The standard InChI is InChI=1S/2C9H20N2.2C8H18N2.2C7H16N2.C7H15N.C6H12N2O.2C6H14N2.C6H13N.C6H11N.C5H11NO.C5H11NS.C5H11N.C5H9N.C4H9N.6C2H6/c1-10(2)9-5-4-7-11(3)8-6-9;1-10(2)9-6-4-5-7-11(3)8-9;1-9(2)8-4-6-10(3)7-5-8;1-9(2)8-5-4-6-10(3)7-8;1-8(2)7-4-5-9(3)6-7;1-8-4-3-5-9(2)7-6-8;1-8-6-4-2-3-5-7-8;1-7-3-4-8(2)6(9)5-7;1-7(2)6-4-8(3)5-6;1-7-3-5-8(2)6-4-7;2*1-7-5-3-2-4-6-7;2*1-6-2-4-7-5-3-6;2*1-6-4-2-3-5-6;1-5-3-2-4-5;6*1-2/h2*9H,4-8H2,1-3H3;2*8H,4-7H2,1-3H3;7H,4-6H2,1-3H3;3-7H2,1-2H3;2-7H2,1H3;3-5H2,1-2H3;6H,4-5H2,1-3H3;3-6H2,1-2H3;2-6H2,1H3;2-3H,4-6H2,1H3;2*2-5H2,1H3;2-5H2,1H3;2-3H,4-5H2,1H3;2-4H2,1H3;6*1-2H3. The molecule has 0 saturated carbocycles. The van der Waals surface area contributed by atoms with Crippen LogP contribution in [0.25, 0.3) is 0 Å². The zero-order chi connectivity index (χ0) is 115. The van der Waals surface area contributed by atoms with E-state index >= 15 is 0 Å². The summed E-state index contributed by atoms with van der Waals surface area (Å²) in [7, 11) is 69.0. The van der Waals surface area contributed by atoms with Crippen molar-refractivity contribution >= 4 is 17.7 Å². The monoisotopic (exact) mass is 2160 g/mol. The second kappa shape index (κ2) is 110. The quantitative estimate of drug-likeness (QED) is 0.235. The maximum atomic E-state index is 10.9. The lowest BCUT2D eigenvalue weighted by molar-refractivity contribution is -0.133. The third kappa shape index (κ3) is 99.3. The number of likely N-dealkylation sites (tertiary alicyclic amines) is 10. The number of carbonyl (C=O) groups is 1. The highest BCUT2D eigenvalue weighted by Gasteiger charge is 2.26. The number of hydrogen-bond acceptors (Lipinski definition) is 28. The number of thioether (sulfide) groups is 1. The van der Waals surface area contributed by atoms with Crippen LogP contribution in [0.2, 0.25) is 0 Å². The zero-order valence-corrected chi connectivity index (χ0v) is 111. The van der Waals surface area contributed by atoms with Gasteiger partial charge in [-0.3, -0.25) is 14.6 Å². The normalized spacial score (nSPS) is 24.2. The van der Waals surface area contributed by atoms with Gasteiger partial charge in [0.25, 0.3) is 0 Å². The molecule has 0 aliphatic carbocycles. The first-order valence-corrected chi connectivity index (χ1v) is 62.5. The smallest absolute Gasteiger partial charge is 0.236 e. The molecule has 15 fully saturated rings. The predicted octanol–water partition coefficient (Wildman–Crippen LogP) is 14.7. The number of hydrogen-bond donors (Lipinski definition) is 0. The molecule has 17 rings (SSSR count). The van der Waals surface area contributed by atoms with E-state index < -0.39 is 0 Å². The topological polar surface area (TPSA) is 111 Å².